The van der Waals surface area contributed by atoms with Gasteiger partial charge in [-0.3, -0.25) is 9.59 Å². The van der Waals surface area contributed by atoms with Crippen LogP contribution in [0, 0.1) is 6.92 Å². The summed E-state index contributed by atoms with van der Waals surface area (Å²) >= 11 is 0. The first kappa shape index (κ1) is 19.3. The van der Waals surface area contributed by atoms with Crippen LogP contribution >= 0.6 is 0 Å². The molecule has 8 nitrogen and oxygen atoms in total. The number of rotatable bonds is 7. The van der Waals surface area contributed by atoms with Crippen LogP contribution < -0.4 is 16.0 Å². The number of hydrogen-bond acceptors (Lipinski definition) is 6. The third-order valence-corrected chi connectivity index (χ3v) is 3.99. The summed E-state index contributed by atoms with van der Waals surface area (Å²) in [5, 5.41) is 2.78. The number of amides is 2. The number of nitrogens with two attached hydrogens (primary N) is 1. The molecule has 0 spiro atoms. The Morgan fingerprint density at radius 1 is 1.36 bits per heavy atom. The summed E-state index contributed by atoms with van der Waals surface area (Å²) in [7, 11) is 2.95. The number of nitrogens with zero attached hydrogens (tertiary/aromatic N) is 1. The average Bonchev–Trinajstić information content (AvgIpc) is 2.56. The molecule has 0 atom stereocenters. The fourth-order valence-electron chi connectivity index (χ4n) is 2.75. The van der Waals surface area contributed by atoms with Gasteiger partial charge in [0.15, 0.2) is 0 Å². The van der Waals surface area contributed by atoms with Crippen molar-refractivity contribution >= 4 is 23.2 Å². The Hall–Kier alpha value is -2.00. The summed E-state index contributed by atoms with van der Waals surface area (Å²) in [6, 6.07) is 5.35. The van der Waals surface area contributed by atoms with Crippen LogP contribution in [-0.4, -0.2) is 64.5 Å². The minimum Gasteiger partial charge on any atom is -0.382 e. The van der Waals surface area contributed by atoms with Crippen LogP contribution in [0.1, 0.15) is 5.56 Å². The highest BCUT2D eigenvalue weighted by Gasteiger charge is 2.34. The van der Waals surface area contributed by atoms with E-state index in [1.807, 2.05) is 6.92 Å². The van der Waals surface area contributed by atoms with E-state index in [0.717, 1.165) is 11.3 Å². The SMILES string of the molecule is COCC(N)(COC)C(=O)Nc1ccc(N2CCOCC2=O)c(C)c1. The Labute approximate surface area is 147 Å². The number of carbonyl (C=O) groups excluding carboxylic acids is 2. The first-order chi connectivity index (χ1) is 11.9. The third-order valence-electron chi connectivity index (χ3n) is 3.99. The van der Waals surface area contributed by atoms with Crippen LogP contribution in [0.3, 0.4) is 0 Å². The van der Waals surface area contributed by atoms with Gasteiger partial charge in [-0.15, -0.1) is 0 Å². The number of ether oxygens (including phenoxy) is 3. The van der Waals surface area contributed by atoms with E-state index in [-0.39, 0.29) is 25.7 Å². The van der Waals surface area contributed by atoms with Crippen molar-refractivity contribution in [1.82, 2.24) is 0 Å². The number of anilines is 2. The number of aryl methyl sites for hydroxylation is 1. The Morgan fingerprint density at radius 2 is 2.04 bits per heavy atom. The molecule has 1 aromatic rings. The van der Waals surface area contributed by atoms with E-state index in [0.29, 0.717) is 18.8 Å². The number of morpholine rings is 1. The number of benzene rings is 1. The lowest BCUT2D eigenvalue weighted by atomic mass is 10.0. The predicted molar refractivity (Wildman–Crippen MR) is 93.7 cm³/mol. The molecular formula is C17H25N3O5. The molecule has 1 heterocycles. The molecule has 0 unspecified atom stereocenters. The van der Waals surface area contributed by atoms with Crippen molar-refractivity contribution in [2.24, 2.45) is 5.73 Å². The largest absolute Gasteiger partial charge is 0.382 e. The molecule has 1 aromatic carbocycles. The third kappa shape index (κ3) is 4.55. The van der Waals surface area contributed by atoms with Gasteiger partial charge in [-0.2, -0.15) is 0 Å². The van der Waals surface area contributed by atoms with Crippen molar-refractivity contribution in [2.45, 2.75) is 12.5 Å². The molecule has 1 aliphatic rings. The van der Waals surface area contributed by atoms with E-state index in [1.165, 1.54) is 14.2 Å². The van der Waals surface area contributed by atoms with Gasteiger partial charge in [0.1, 0.15) is 12.1 Å². The molecule has 25 heavy (non-hydrogen) atoms. The van der Waals surface area contributed by atoms with E-state index in [4.69, 9.17) is 19.9 Å². The van der Waals surface area contributed by atoms with E-state index in [9.17, 15) is 9.59 Å². The summed E-state index contributed by atoms with van der Waals surface area (Å²) in [6.07, 6.45) is 0. The molecule has 1 fully saturated rings. The number of hydrogen-bond donors (Lipinski definition) is 2. The summed E-state index contributed by atoms with van der Waals surface area (Å²) in [5.74, 6) is -0.474. The maximum Gasteiger partial charge on any atom is 0.253 e. The van der Waals surface area contributed by atoms with Crippen LogP contribution in [0.5, 0.6) is 0 Å². The first-order valence-electron chi connectivity index (χ1n) is 7.98. The van der Waals surface area contributed by atoms with Crippen molar-refractivity contribution in [3.8, 4) is 0 Å². The lowest BCUT2D eigenvalue weighted by Crippen LogP contribution is -2.57. The highest BCUT2D eigenvalue weighted by molar-refractivity contribution is 5.99. The highest BCUT2D eigenvalue weighted by atomic mass is 16.5. The standard InChI is InChI=1S/C17H25N3O5/c1-12-8-13(19-16(22)17(18,10-23-2)11-24-3)4-5-14(12)20-6-7-25-9-15(20)21/h4-5,8H,6-7,9-11,18H2,1-3H3,(H,19,22). The van der Waals surface area contributed by atoms with Crippen LogP contribution in [0.4, 0.5) is 11.4 Å². The molecule has 0 aliphatic carbocycles. The maximum absolute atomic E-state index is 12.5. The molecule has 0 saturated carbocycles. The van der Waals surface area contributed by atoms with Gasteiger partial charge in [0.2, 0.25) is 5.91 Å². The number of nitrogens with one attached hydrogen (secondary N) is 1. The average molecular weight is 351 g/mol. The number of methoxy groups -OCH3 is 2. The Kier molecular flexibility index (Phi) is 6.49. The molecule has 2 amide bonds. The number of carbonyl (C=O) groups is 2. The molecule has 3 N–H and O–H groups in total. The molecule has 8 heteroatoms. The summed E-state index contributed by atoms with van der Waals surface area (Å²) < 4.78 is 15.2. The Bertz CT molecular complexity index is 629. The molecular weight excluding hydrogens is 326 g/mol. The Morgan fingerprint density at radius 3 is 2.60 bits per heavy atom. The van der Waals surface area contributed by atoms with Gasteiger partial charge >= 0.3 is 0 Å². The van der Waals surface area contributed by atoms with Crippen LogP contribution in [0.25, 0.3) is 0 Å². The van der Waals surface area contributed by atoms with Crippen LogP contribution in [0.15, 0.2) is 18.2 Å². The van der Waals surface area contributed by atoms with Gasteiger partial charge in [0.05, 0.1) is 19.8 Å². The van der Waals surface area contributed by atoms with Crippen molar-refractivity contribution < 1.29 is 23.8 Å². The zero-order valence-corrected chi connectivity index (χ0v) is 14.8. The van der Waals surface area contributed by atoms with E-state index in [2.05, 4.69) is 5.32 Å². The smallest absolute Gasteiger partial charge is 0.253 e. The second-order valence-electron chi connectivity index (χ2n) is 6.08. The first-order valence-corrected chi connectivity index (χ1v) is 7.98. The zero-order valence-electron chi connectivity index (χ0n) is 14.8. The fraction of sp³-hybridized carbons (Fsp3) is 0.529. The van der Waals surface area contributed by atoms with E-state index < -0.39 is 11.4 Å². The topological polar surface area (TPSA) is 103 Å². The molecule has 0 radical (unpaired) electrons. The van der Waals surface area contributed by atoms with E-state index in [1.54, 1.807) is 23.1 Å². The van der Waals surface area contributed by atoms with Gasteiger partial charge in [-0.1, -0.05) is 0 Å². The van der Waals surface area contributed by atoms with Gasteiger partial charge in [-0.05, 0) is 30.7 Å². The minimum absolute atomic E-state index is 0.0337. The summed E-state index contributed by atoms with van der Waals surface area (Å²) in [6.45, 7) is 3.06. The second kappa shape index (κ2) is 8.39. The normalized spacial score (nSPS) is 15.4. The zero-order chi connectivity index (χ0) is 18.4. The summed E-state index contributed by atoms with van der Waals surface area (Å²) in [4.78, 5) is 26.1. The van der Waals surface area contributed by atoms with Crippen molar-refractivity contribution in [3.63, 3.8) is 0 Å². The molecule has 2 rings (SSSR count). The van der Waals surface area contributed by atoms with Crippen LogP contribution in [-0.2, 0) is 23.8 Å². The molecule has 138 valence electrons. The summed E-state index contributed by atoms with van der Waals surface area (Å²) in [5.41, 5.74) is 7.07. The van der Waals surface area contributed by atoms with Crippen molar-refractivity contribution in [2.75, 3.05) is 57.4 Å². The lowest BCUT2D eigenvalue weighted by Gasteiger charge is -2.29. The quantitative estimate of drug-likeness (QED) is 0.732. The van der Waals surface area contributed by atoms with Crippen molar-refractivity contribution in [3.05, 3.63) is 23.8 Å². The van der Waals surface area contributed by atoms with Gasteiger partial charge in [0.25, 0.3) is 5.91 Å². The molecule has 0 bridgehead atoms. The van der Waals surface area contributed by atoms with E-state index >= 15 is 0 Å². The maximum atomic E-state index is 12.5. The molecule has 0 aromatic heterocycles. The minimum atomic E-state index is -1.28. The highest BCUT2D eigenvalue weighted by Crippen LogP contribution is 2.25. The lowest BCUT2D eigenvalue weighted by molar-refractivity contribution is -0.126. The fourth-order valence-corrected chi connectivity index (χ4v) is 2.75. The van der Waals surface area contributed by atoms with Crippen LogP contribution in [0.2, 0.25) is 0 Å². The molecule has 1 aliphatic heterocycles. The Balaban J connectivity index is 2.14. The van der Waals surface area contributed by atoms with Crippen molar-refractivity contribution in [1.29, 1.82) is 0 Å². The van der Waals surface area contributed by atoms with Gasteiger partial charge < -0.3 is 30.2 Å². The van der Waals surface area contributed by atoms with Gasteiger partial charge in [0, 0.05) is 32.1 Å². The second-order valence-corrected chi connectivity index (χ2v) is 6.08. The monoisotopic (exact) mass is 351 g/mol. The van der Waals surface area contributed by atoms with Gasteiger partial charge in [-0.25, -0.2) is 0 Å². The molecule has 1 saturated heterocycles. The predicted octanol–water partition coefficient (Wildman–Crippen LogP) is 0.287.